The molecular formula is C10H14IN5O4. The van der Waals surface area contributed by atoms with Crippen LogP contribution in [0, 0.1) is 0 Å². The van der Waals surface area contributed by atoms with Crippen LogP contribution in [0.3, 0.4) is 0 Å². The van der Waals surface area contributed by atoms with E-state index in [0.717, 1.165) is 0 Å². The maximum atomic E-state index is 9.96. The van der Waals surface area contributed by atoms with Gasteiger partial charge in [-0.05, 0) is 0 Å². The number of hydrogen-bond donors (Lipinski definition) is 4. The number of nitrogens with one attached hydrogen (secondary N) is 1. The maximum absolute atomic E-state index is 9.96. The van der Waals surface area contributed by atoms with Crippen LogP contribution in [0.5, 0.6) is 0 Å². The predicted molar refractivity (Wildman–Crippen MR) is 61.5 cm³/mol. The Labute approximate surface area is 130 Å². The van der Waals surface area contributed by atoms with Crippen LogP contribution >= 0.6 is 0 Å². The lowest BCUT2D eigenvalue weighted by Crippen LogP contribution is -3.00. The molecule has 110 valence electrons. The van der Waals surface area contributed by atoms with Gasteiger partial charge in [0.2, 0.25) is 18.1 Å². The van der Waals surface area contributed by atoms with Crippen molar-refractivity contribution in [1.29, 1.82) is 0 Å². The number of halogens is 1. The number of anilines is 1. The van der Waals surface area contributed by atoms with Crippen LogP contribution in [0.2, 0.25) is 0 Å². The summed E-state index contributed by atoms with van der Waals surface area (Å²) in [5.41, 5.74) is 6.66. The average molecular weight is 395 g/mol. The SMILES string of the molecule is Nc1ncnc2c1[nH+]cn2[C@@H]1O[C@H](CO)[C@@H](O)[C@H]1O.[I-]. The monoisotopic (exact) mass is 395 g/mol. The molecule has 3 heterocycles. The number of fused-ring (bicyclic) bond motifs is 1. The normalized spacial score (nSPS) is 29.6. The van der Waals surface area contributed by atoms with Gasteiger partial charge in [-0.2, -0.15) is 9.55 Å². The molecule has 0 saturated carbocycles. The molecule has 2 aromatic rings. The molecule has 0 bridgehead atoms. The highest BCUT2D eigenvalue weighted by atomic mass is 127. The summed E-state index contributed by atoms with van der Waals surface area (Å²) in [5.74, 6) is 0.274. The number of nitrogens with zero attached hydrogens (tertiary/aromatic N) is 3. The fraction of sp³-hybridized carbons (Fsp3) is 0.500. The van der Waals surface area contributed by atoms with Crippen LogP contribution in [-0.2, 0) is 4.74 Å². The first-order valence-corrected chi connectivity index (χ1v) is 5.74. The highest BCUT2D eigenvalue weighted by Crippen LogP contribution is 2.30. The Morgan fingerprint density at radius 3 is 2.75 bits per heavy atom. The summed E-state index contributed by atoms with van der Waals surface area (Å²) >= 11 is 0. The second-order valence-electron chi connectivity index (χ2n) is 4.37. The van der Waals surface area contributed by atoms with Crippen molar-refractivity contribution >= 4 is 17.0 Å². The second-order valence-corrected chi connectivity index (χ2v) is 4.37. The van der Waals surface area contributed by atoms with Crippen LogP contribution in [-0.4, -0.2) is 54.8 Å². The molecule has 10 heteroatoms. The Bertz CT molecular complexity index is 608. The van der Waals surface area contributed by atoms with E-state index in [1.54, 1.807) is 0 Å². The first kappa shape index (κ1) is 15.3. The lowest BCUT2D eigenvalue weighted by Gasteiger charge is -2.10. The average Bonchev–Trinajstić information content (AvgIpc) is 2.94. The summed E-state index contributed by atoms with van der Waals surface area (Å²) < 4.78 is 6.93. The number of H-pyrrole nitrogens is 1. The standard InChI is InChI=1S/C10H13N5O4.HI/c11-8-5-9(13-2-12-8)15(3-14-5)10-7(18)6(17)4(1-16)19-10;/h2-4,6-7,10,16-18H,1H2,(H2,11,12,13);1H/t4-,6-,7-,10-;/m1./s1. The van der Waals surface area contributed by atoms with E-state index in [1.807, 2.05) is 0 Å². The number of rotatable bonds is 2. The number of aromatic amines is 1. The molecule has 6 N–H and O–H groups in total. The van der Waals surface area contributed by atoms with Gasteiger partial charge < -0.3 is 49.8 Å². The first-order chi connectivity index (χ1) is 9.13. The summed E-state index contributed by atoms with van der Waals surface area (Å²) in [7, 11) is 0. The van der Waals surface area contributed by atoms with E-state index in [0.29, 0.717) is 11.2 Å². The summed E-state index contributed by atoms with van der Waals surface area (Å²) in [6.45, 7) is -0.380. The summed E-state index contributed by atoms with van der Waals surface area (Å²) in [5, 5.41) is 28.8. The van der Waals surface area contributed by atoms with Crippen LogP contribution in [0.25, 0.3) is 11.2 Å². The summed E-state index contributed by atoms with van der Waals surface area (Å²) in [4.78, 5) is 10.8. The molecule has 1 fully saturated rings. The molecule has 0 amide bonds. The zero-order valence-corrected chi connectivity index (χ0v) is 12.4. The van der Waals surface area contributed by atoms with Gasteiger partial charge in [0, 0.05) is 0 Å². The Hall–Kier alpha value is -1.08. The number of hydrogen-bond acceptors (Lipinski definition) is 7. The highest BCUT2D eigenvalue weighted by molar-refractivity contribution is 5.77. The molecule has 1 saturated heterocycles. The predicted octanol–water partition coefficient (Wildman–Crippen LogP) is -5.56. The number of ether oxygens (including phenoxy) is 1. The minimum absolute atomic E-state index is 0. The van der Waals surface area contributed by atoms with Crippen molar-refractivity contribution in [3.63, 3.8) is 0 Å². The molecule has 3 rings (SSSR count). The molecule has 0 unspecified atom stereocenters. The van der Waals surface area contributed by atoms with Gasteiger partial charge in [0.05, 0.1) is 6.61 Å². The van der Waals surface area contributed by atoms with E-state index in [9.17, 15) is 10.2 Å². The van der Waals surface area contributed by atoms with Crippen molar-refractivity contribution in [3.05, 3.63) is 12.7 Å². The largest absolute Gasteiger partial charge is 1.00 e. The lowest BCUT2D eigenvalue weighted by atomic mass is 10.1. The van der Waals surface area contributed by atoms with Crippen molar-refractivity contribution < 1.29 is 49.0 Å². The van der Waals surface area contributed by atoms with Crippen molar-refractivity contribution in [1.82, 2.24) is 14.5 Å². The molecule has 2 aromatic heterocycles. The molecule has 1 aliphatic heterocycles. The zero-order valence-electron chi connectivity index (χ0n) is 10.2. The number of nitrogens with two attached hydrogens (primary N) is 1. The molecule has 1 aliphatic rings. The van der Waals surface area contributed by atoms with Gasteiger partial charge in [0.1, 0.15) is 24.6 Å². The minimum Gasteiger partial charge on any atom is -1.00 e. The first-order valence-electron chi connectivity index (χ1n) is 5.74. The lowest BCUT2D eigenvalue weighted by molar-refractivity contribution is -0.348. The van der Waals surface area contributed by atoms with Crippen LogP contribution < -0.4 is 34.7 Å². The maximum Gasteiger partial charge on any atom is 0.276 e. The fourth-order valence-corrected chi connectivity index (χ4v) is 2.22. The third-order valence-electron chi connectivity index (χ3n) is 3.24. The Morgan fingerprint density at radius 2 is 2.10 bits per heavy atom. The molecule has 0 aliphatic carbocycles. The molecule has 0 aromatic carbocycles. The Morgan fingerprint density at radius 1 is 1.35 bits per heavy atom. The van der Waals surface area contributed by atoms with E-state index in [-0.39, 0.29) is 36.4 Å². The molecule has 0 radical (unpaired) electrons. The van der Waals surface area contributed by atoms with Gasteiger partial charge in [-0.1, -0.05) is 0 Å². The second kappa shape index (κ2) is 5.73. The summed E-state index contributed by atoms with van der Waals surface area (Å²) in [6.07, 6.45) is -1.20. The molecule has 0 spiro atoms. The van der Waals surface area contributed by atoms with Crippen molar-refractivity contribution in [2.75, 3.05) is 12.3 Å². The number of aliphatic hydroxyl groups is 3. The van der Waals surface area contributed by atoms with Crippen molar-refractivity contribution in [2.24, 2.45) is 0 Å². The number of aromatic nitrogens is 4. The third-order valence-corrected chi connectivity index (χ3v) is 3.24. The molecular weight excluding hydrogens is 381 g/mol. The quantitative estimate of drug-likeness (QED) is 0.372. The van der Waals surface area contributed by atoms with Crippen LogP contribution in [0.15, 0.2) is 12.7 Å². The summed E-state index contributed by atoms with van der Waals surface area (Å²) in [6, 6.07) is 0. The van der Waals surface area contributed by atoms with Crippen molar-refractivity contribution in [2.45, 2.75) is 24.5 Å². The van der Waals surface area contributed by atoms with E-state index in [2.05, 4.69) is 15.0 Å². The van der Waals surface area contributed by atoms with Gasteiger partial charge in [-0.25, -0.2) is 9.97 Å². The van der Waals surface area contributed by atoms with Crippen LogP contribution in [0.4, 0.5) is 5.82 Å². The van der Waals surface area contributed by atoms with E-state index in [1.165, 1.54) is 17.2 Å². The Balaban J connectivity index is 0.00000147. The van der Waals surface area contributed by atoms with Gasteiger partial charge >= 0.3 is 0 Å². The Kier molecular flexibility index (Phi) is 4.39. The molecule has 20 heavy (non-hydrogen) atoms. The fourth-order valence-electron chi connectivity index (χ4n) is 2.22. The number of aliphatic hydroxyl groups excluding tert-OH is 3. The minimum atomic E-state index is -1.17. The smallest absolute Gasteiger partial charge is 0.276 e. The van der Waals surface area contributed by atoms with Gasteiger partial charge in [-0.3, -0.25) is 0 Å². The highest BCUT2D eigenvalue weighted by Gasteiger charge is 2.46. The van der Waals surface area contributed by atoms with Gasteiger partial charge in [-0.15, -0.1) is 0 Å². The van der Waals surface area contributed by atoms with Gasteiger partial charge in [0.25, 0.3) is 5.65 Å². The van der Waals surface area contributed by atoms with E-state index in [4.69, 9.17) is 15.6 Å². The zero-order chi connectivity index (χ0) is 13.6. The molecule has 4 atom stereocenters. The molecule has 9 nitrogen and oxygen atoms in total. The third kappa shape index (κ3) is 2.22. The van der Waals surface area contributed by atoms with E-state index >= 15 is 0 Å². The van der Waals surface area contributed by atoms with E-state index < -0.39 is 24.5 Å². The number of imidazole rings is 1. The van der Waals surface area contributed by atoms with Crippen LogP contribution in [0.1, 0.15) is 6.23 Å². The topological polar surface area (TPSA) is 141 Å². The van der Waals surface area contributed by atoms with Gasteiger partial charge in [0.15, 0.2) is 5.82 Å². The number of nitrogen functional groups attached to an aromatic ring is 1. The van der Waals surface area contributed by atoms with Crippen molar-refractivity contribution in [3.8, 4) is 0 Å².